The Labute approximate surface area is 943 Å². The van der Waals surface area contributed by atoms with Crippen molar-refractivity contribution >= 4 is 80.7 Å². The summed E-state index contributed by atoms with van der Waals surface area (Å²) in [6, 6.07) is 0. The maximum absolute atomic E-state index is 4.15. The van der Waals surface area contributed by atoms with E-state index in [0.717, 1.165) is 0 Å². The third-order valence-corrected chi connectivity index (χ3v) is 99.0. The molecule has 0 atom stereocenters. The van der Waals surface area contributed by atoms with E-state index in [9.17, 15) is 0 Å². The number of hydrogen-bond acceptors (Lipinski definition) is 0. The summed E-state index contributed by atoms with van der Waals surface area (Å²) in [5, 5.41) is 0. The second-order valence-corrected chi connectivity index (χ2v) is 109. The van der Waals surface area contributed by atoms with Crippen LogP contribution in [0.1, 0.15) is 415 Å². The molecule has 0 aromatic carbocycles. The molecule has 150 heavy (non-hydrogen) atoms. The van der Waals surface area contributed by atoms with Crippen LogP contribution in [0.15, 0.2) is 55.7 Å². The molecular weight excluding hydrogens is 1960 g/mol. The molecule has 1 aliphatic carbocycles. The van der Waals surface area contributed by atoms with Crippen molar-refractivity contribution in [2.24, 2.45) is 0 Å². The van der Waals surface area contributed by atoms with Crippen LogP contribution in [-0.4, -0.2) is 80.7 Å². The molecular formula is C140H210Si10. The second-order valence-electron chi connectivity index (χ2n) is 52.7. The molecule has 0 radical (unpaired) electrons. The van der Waals surface area contributed by atoms with Crippen LogP contribution in [0.4, 0.5) is 0 Å². The van der Waals surface area contributed by atoms with E-state index in [1.54, 1.807) is 0 Å². The molecule has 0 spiro atoms. The molecule has 0 N–H and O–H groups in total. The van der Waals surface area contributed by atoms with Gasteiger partial charge in [0.1, 0.15) is 109 Å². The van der Waals surface area contributed by atoms with E-state index < -0.39 is 80.7 Å². The van der Waals surface area contributed by atoms with E-state index in [4.69, 9.17) is 0 Å². The molecule has 1 aliphatic rings. The van der Waals surface area contributed by atoms with Crippen LogP contribution in [0.25, 0.3) is 0 Å². The molecule has 1 rings (SSSR count). The zero-order valence-corrected chi connectivity index (χ0v) is 117. The lowest BCUT2D eigenvalue weighted by Crippen LogP contribution is -2.43. The largest absolute Gasteiger partial charge is 0.146 e. The summed E-state index contributed by atoms with van der Waals surface area (Å²) in [6.45, 7) is 142. The highest BCUT2D eigenvalue weighted by atomic mass is 28.3. The summed E-state index contributed by atoms with van der Waals surface area (Å²) < 4.78 is 0. The van der Waals surface area contributed by atoms with E-state index in [1.165, 1.54) is 0 Å². The second kappa shape index (κ2) is 61.5. The molecule has 0 aromatic heterocycles. The van der Waals surface area contributed by atoms with Gasteiger partial charge in [-0.05, 0) is 285 Å². The predicted octanol–water partition coefficient (Wildman–Crippen LogP) is 38.7. The Bertz CT molecular complexity index is 4780. The quantitative estimate of drug-likeness (QED) is 0.0497. The van der Waals surface area contributed by atoms with Crippen LogP contribution in [0.2, 0.25) is 166 Å². The first kappa shape index (κ1) is 140. The molecule has 0 nitrogen and oxygen atoms in total. The van der Waals surface area contributed by atoms with Gasteiger partial charge in [-0.25, -0.2) is 0 Å². The molecule has 0 bridgehead atoms. The molecule has 0 saturated carbocycles. The summed E-state index contributed by atoms with van der Waals surface area (Å²) in [5.41, 5.74) is 55.9. The van der Waals surface area contributed by atoms with Crippen molar-refractivity contribution in [1.29, 1.82) is 0 Å². The topological polar surface area (TPSA) is 0 Å². The Morgan fingerprint density at radius 1 is 0.107 bits per heavy atom. The summed E-state index contributed by atoms with van der Waals surface area (Å²) in [6.07, 6.45) is 0. The minimum absolute atomic E-state index is 0.313. The van der Waals surface area contributed by atoms with Crippen LogP contribution < -0.4 is 0 Å². The Morgan fingerprint density at radius 3 is 0.207 bits per heavy atom. The van der Waals surface area contributed by atoms with E-state index in [-0.39, 0.29) is 0 Å². The molecule has 0 saturated heterocycles. The molecule has 0 aliphatic heterocycles. The highest BCUT2D eigenvalue weighted by molar-refractivity contribution is 6.95. The van der Waals surface area contributed by atoms with Crippen molar-refractivity contribution in [2.45, 2.75) is 582 Å². The molecule has 810 valence electrons. The fourth-order valence-electron chi connectivity index (χ4n) is 28.5. The molecule has 0 amide bonds. The Morgan fingerprint density at radius 2 is 0.160 bits per heavy atom. The maximum atomic E-state index is 4.15. The van der Waals surface area contributed by atoms with Gasteiger partial charge in [-0.1, -0.05) is 475 Å². The van der Waals surface area contributed by atoms with E-state index in [2.05, 4.69) is 648 Å². The lowest BCUT2D eigenvalue weighted by Gasteiger charge is -2.38. The van der Waals surface area contributed by atoms with Gasteiger partial charge in [-0.15, -0.1) is 55.4 Å². The first-order valence-electron chi connectivity index (χ1n) is 58.3. The van der Waals surface area contributed by atoms with Gasteiger partial charge < -0.3 is 0 Å². The van der Waals surface area contributed by atoms with E-state index >= 15 is 0 Å². The average molecular weight is 2170 g/mol. The van der Waals surface area contributed by atoms with Gasteiger partial charge in [0.15, 0.2) is 0 Å². The van der Waals surface area contributed by atoms with Crippen molar-refractivity contribution in [3.05, 3.63) is 55.7 Å². The maximum Gasteiger partial charge on any atom is 0.146 e. The summed E-state index contributed by atoms with van der Waals surface area (Å²) in [7, 11) is -24.9. The van der Waals surface area contributed by atoms with Crippen molar-refractivity contribution in [1.82, 2.24) is 0 Å². The monoisotopic (exact) mass is 2170 g/mol. The minimum Gasteiger partial charge on any atom is -0.124 e. The molecule has 0 fully saturated rings. The predicted molar refractivity (Wildman–Crippen MR) is 701 cm³/mol. The smallest absolute Gasteiger partial charge is 0.124 e. The lowest BCUT2D eigenvalue weighted by molar-refractivity contribution is 0.838. The molecule has 10 heteroatoms. The van der Waals surface area contributed by atoms with Crippen molar-refractivity contribution < 1.29 is 0 Å². The van der Waals surface area contributed by atoms with Crippen LogP contribution in [0.5, 0.6) is 0 Å². The van der Waals surface area contributed by atoms with E-state index in [0.29, 0.717) is 222 Å². The summed E-state index contributed by atoms with van der Waals surface area (Å²) in [4.78, 5) is 0. The third kappa shape index (κ3) is 32.9. The van der Waals surface area contributed by atoms with Crippen LogP contribution >= 0.6 is 0 Å². The van der Waals surface area contributed by atoms with Crippen molar-refractivity contribution in [3.63, 3.8) is 0 Å². The average Bonchev–Trinajstić information content (AvgIpc) is 0.788. The standard InChI is InChI=1S/C140H210Si10/c1-101(2)141(102(3)4,103(5)6)91-81-136(82-92-142(104(7)8,105(9)10)106(11)12)131-71-61-63-73-132(137(83-93-143(107(13)14,108(15)16)109(17)18)84-94-144(110(19)20,111(21)22)112(23)24)75-65-67-77-134(139(87-97-147(119(37)38,120(39)40)121(41)42)88-98-148(122(43)44,123(45)46)124(47)48)79-69-70-80-135(140(89-99-149(125(49)50,126(51)52)127(53)54)90-100-150(128(55)56,129(57)58)130(59)60)78-68-66-76-133(74-64-62-72-131)138(85-95-145(113(25)26,114(27)28)115(29)30)86-96-146(116(31)32,117(33)34)118(35)36/h101-130H,1-60H3. The van der Waals surface area contributed by atoms with Gasteiger partial charge in [0.05, 0.1) is 27.9 Å². The number of hydrogen-bond donors (Lipinski definition) is 0. The molecule has 0 unspecified atom stereocenters. The number of allylic oxidation sites excluding steroid dienone is 10. The normalized spacial score (nSPS) is 13.2. The van der Waals surface area contributed by atoms with Gasteiger partial charge >= 0.3 is 0 Å². The van der Waals surface area contributed by atoms with Crippen molar-refractivity contribution in [2.75, 3.05) is 0 Å². The van der Waals surface area contributed by atoms with Gasteiger partial charge in [-0.3, -0.25) is 0 Å². The fourth-order valence-corrected chi connectivity index (χ4v) is 80.6. The van der Waals surface area contributed by atoms with Crippen LogP contribution in [0, 0.1) is 233 Å². The van der Waals surface area contributed by atoms with Crippen LogP contribution in [-0.2, 0) is 0 Å². The lowest BCUT2D eigenvalue weighted by atomic mass is 10.1. The van der Waals surface area contributed by atoms with Gasteiger partial charge in [-0.2, -0.15) is 0 Å². The summed E-state index contributed by atoms with van der Waals surface area (Å²) in [5.74, 6) is 111. The molecule has 0 heterocycles. The van der Waals surface area contributed by atoms with Crippen LogP contribution in [0.3, 0.4) is 0 Å². The summed E-state index contributed by atoms with van der Waals surface area (Å²) >= 11 is 0. The first-order chi connectivity index (χ1) is 69.2. The third-order valence-electron chi connectivity index (χ3n) is 36.1. The van der Waals surface area contributed by atoms with Crippen molar-refractivity contribution in [3.8, 4) is 233 Å². The Balaban J connectivity index is 7.74. The fraction of sp³-hybridized carbons (Fsp3) is 0.643. The van der Waals surface area contributed by atoms with Gasteiger partial charge in [0, 0.05) is 0 Å². The van der Waals surface area contributed by atoms with E-state index in [1.807, 2.05) is 0 Å². The number of rotatable bonds is 30. The highest BCUT2D eigenvalue weighted by Gasteiger charge is 2.51. The minimum atomic E-state index is -2.49. The van der Waals surface area contributed by atoms with Gasteiger partial charge in [0.25, 0.3) is 0 Å². The highest BCUT2D eigenvalue weighted by Crippen LogP contribution is 2.51. The Hall–Kier alpha value is -7.93. The molecule has 0 aromatic rings. The zero-order valence-electron chi connectivity index (χ0n) is 107. The zero-order chi connectivity index (χ0) is 116. The SMILES string of the molecule is CC(C)[Si](C#CC(C#C[Si](C(C)C)(C(C)C)C(C)C)=C1C#CC#CC(=C(C#C[Si](C(C)C)(C(C)C)C(C)C)C#C[Si](C(C)C)(C(C)C)C(C)C)C#CC#CC(=C(C#C[Si](C(C)C)(C(C)C)C(C)C)C#C[Si](C(C)C)(C(C)C)C(C)C)C#CC#CC(=C(C#C[Si](C(C)C)(C(C)C)C(C)C)C#C[Si](C(C)C)(C(C)C)C(C)C)C#CC#CC(=C(C#C[Si](C(C)C)(C(C)C)C(C)C)C#C[Si](C(C)C)(C(C)C)C(C)C)C#CC#C1)(C(C)C)C(C)C. The Kier molecular flexibility index (Phi) is 57.5. The van der Waals surface area contributed by atoms with Gasteiger partial charge in [0.2, 0.25) is 0 Å². The first-order valence-corrected chi connectivity index (χ1v) is 80.6.